The first-order chi connectivity index (χ1) is 19.4. The third-order valence-corrected chi connectivity index (χ3v) is 9.46. The Bertz CT molecular complexity index is 1350. The molecule has 2 aromatic rings. The number of anilines is 1. The van der Waals surface area contributed by atoms with Crippen LogP contribution in [0.25, 0.3) is 0 Å². The predicted molar refractivity (Wildman–Crippen MR) is 153 cm³/mol. The minimum atomic E-state index is -0.264. The molecule has 1 aromatic heterocycles. The topological polar surface area (TPSA) is 125 Å². The lowest BCUT2D eigenvalue weighted by Crippen LogP contribution is -2.62. The number of nitrogens with one attached hydrogen (secondary N) is 4. The SMILES string of the molecule is CC(=O)N[C@H]1CCCC[C@H]1NC(=O)C1=C2NC(=O)N(c3cnc(Oc4ccccc4)cc3C)C3CCNC(S1)C23. The normalized spacial score (nSPS) is 27.5. The molecule has 3 fully saturated rings. The smallest absolute Gasteiger partial charge is 0.326 e. The Morgan fingerprint density at radius 3 is 2.58 bits per heavy atom. The van der Waals surface area contributed by atoms with Crippen LogP contribution in [0, 0.1) is 12.8 Å². The quantitative estimate of drug-likeness (QED) is 0.425. The number of para-hydroxylation sites is 1. The number of amides is 4. The van der Waals surface area contributed by atoms with E-state index < -0.39 is 0 Å². The number of aromatic nitrogens is 1. The summed E-state index contributed by atoms with van der Waals surface area (Å²) in [7, 11) is 0. The summed E-state index contributed by atoms with van der Waals surface area (Å²) < 4.78 is 5.89. The van der Waals surface area contributed by atoms with Gasteiger partial charge in [-0.05, 0) is 50.4 Å². The second-order valence-electron chi connectivity index (χ2n) is 10.8. The van der Waals surface area contributed by atoms with Crippen LogP contribution >= 0.6 is 11.8 Å². The van der Waals surface area contributed by atoms with Crippen molar-refractivity contribution >= 4 is 35.3 Å². The summed E-state index contributed by atoms with van der Waals surface area (Å²) in [5.74, 6) is 0.815. The van der Waals surface area contributed by atoms with Crippen LogP contribution in [0.15, 0.2) is 53.2 Å². The van der Waals surface area contributed by atoms with E-state index in [1.165, 1.54) is 18.7 Å². The monoisotopic (exact) mass is 562 g/mol. The molecule has 4 aliphatic rings. The van der Waals surface area contributed by atoms with Gasteiger partial charge in [0.2, 0.25) is 11.8 Å². The average molecular weight is 563 g/mol. The summed E-state index contributed by atoms with van der Waals surface area (Å²) in [6.45, 7) is 4.19. The van der Waals surface area contributed by atoms with Crippen molar-refractivity contribution in [2.75, 3.05) is 11.4 Å². The number of pyridine rings is 1. The molecule has 210 valence electrons. The molecule has 5 atom stereocenters. The van der Waals surface area contributed by atoms with Gasteiger partial charge in [-0.15, -0.1) is 0 Å². The fraction of sp³-hybridized carbons (Fsp3) is 0.448. The van der Waals surface area contributed by atoms with E-state index in [0.717, 1.165) is 49.9 Å². The summed E-state index contributed by atoms with van der Waals surface area (Å²) in [5.41, 5.74) is 2.29. The van der Waals surface area contributed by atoms with Crippen molar-refractivity contribution in [3.63, 3.8) is 0 Å². The van der Waals surface area contributed by atoms with Crippen LogP contribution in [-0.4, -0.2) is 52.9 Å². The number of urea groups is 1. The molecular formula is C29H34N6O4S. The summed E-state index contributed by atoms with van der Waals surface area (Å²) in [6, 6.07) is 10.7. The molecule has 6 rings (SSSR count). The molecule has 3 aliphatic heterocycles. The minimum Gasteiger partial charge on any atom is -0.439 e. The number of aryl methyl sites for hydroxylation is 1. The highest BCUT2D eigenvalue weighted by molar-refractivity contribution is 8.04. The van der Waals surface area contributed by atoms with E-state index in [4.69, 9.17) is 4.74 Å². The van der Waals surface area contributed by atoms with Crippen molar-refractivity contribution in [2.45, 2.75) is 69.5 Å². The minimum absolute atomic E-state index is 0.0240. The Labute approximate surface area is 237 Å². The number of carbonyl (C=O) groups excluding carboxylic acids is 3. The van der Waals surface area contributed by atoms with Crippen molar-refractivity contribution in [1.82, 2.24) is 26.3 Å². The lowest BCUT2D eigenvalue weighted by Gasteiger charge is -2.46. The van der Waals surface area contributed by atoms with E-state index in [1.807, 2.05) is 43.3 Å². The van der Waals surface area contributed by atoms with E-state index in [0.29, 0.717) is 22.2 Å². The third kappa shape index (κ3) is 5.15. The number of hydrogen-bond acceptors (Lipinski definition) is 7. The summed E-state index contributed by atoms with van der Waals surface area (Å²) in [4.78, 5) is 45.7. The molecule has 0 radical (unpaired) electrons. The van der Waals surface area contributed by atoms with Crippen LogP contribution in [0.1, 0.15) is 44.6 Å². The van der Waals surface area contributed by atoms with Gasteiger partial charge in [0.05, 0.1) is 28.2 Å². The average Bonchev–Trinajstić information content (AvgIpc) is 3.30. The number of ether oxygens (including phenoxy) is 1. The van der Waals surface area contributed by atoms with Gasteiger partial charge < -0.3 is 26.0 Å². The second kappa shape index (κ2) is 11.1. The van der Waals surface area contributed by atoms with Crippen molar-refractivity contribution < 1.29 is 19.1 Å². The lowest BCUT2D eigenvalue weighted by molar-refractivity contribution is -0.121. The maximum absolute atomic E-state index is 13.6. The number of carbonyl (C=O) groups is 3. The highest BCUT2D eigenvalue weighted by Crippen LogP contribution is 2.48. The van der Waals surface area contributed by atoms with Crippen LogP contribution in [0.2, 0.25) is 0 Å². The maximum Gasteiger partial charge on any atom is 0.326 e. The molecule has 1 saturated carbocycles. The number of benzene rings is 1. The molecule has 2 saturated heterocycles. The van der Waals surface area contributed by atoms with Crippen molar-refractivity contribution in [3.05, 3.63) is 58.8 Å². The van der Waals surface area contributed by atoms with Gasteiger partial charge in [0.1, 0.15) is 5.75 Å². The Hall–Kier alpha value is -3.57. The summed E-state index contributed by atoms with van der Waals surface area (Å²) >= 11 is 1.48. The molecule has 1 aliphatic carbocycles. The fourth-order valence-electron chi connectivity index (χ4n) is 6.31. The zero-order chi connectivity index (χ0) is 27.8. The zero-order valence-electron chi connectivity index (χ0n) is 22.6. The molecule has 4 heterocycles. The first kappa shape index (κ1) is 26.6. The zero-order valence-corrected chi connectivity index (χ0v) is 23.4. The molecule has 11 heteroatoms. The van der Waals surface area contributed by atoms with Crippen LogP contribution < -0.4 is 30.9 Å². The molecular weight excluding hydrogens is 528 g/mol. The molecule has 0 bridgehead atoms. The largest absolute Gasteiger partial charge is 0.439 e. The molecule has 0 spiro atoms. The van der Waals surface area contributed by atoms with E-state index in [-0.39, 0.29) is 47.3 Å². The van der Waals surface area contributed by atoms with Gasteiger partial charge in [-0.3, -0.25) is 14.5 Å². The van der Waals surface area contributed by atoms with Gasteiger partial charge in [-0.2, -0.15) is 0 Å². The maximum atomic E-state index is 13.6. The fourth-order valence-corrected chi connectivity index (χ4v) is 7.71. The second-order valence-corrected chi connectivity index (χ2v) is 12.0. The van der Waals surface area contributed by atoms with Crippen molar-refractivity contribution in [3.8, 4) is 11.6 Å². The van der Waals surface area contributed by atoms with Gasteiger partial charge in [-0.25, -0.2) is 9.78 Å². The molecule has 1 aromatic carbocycles. The van der Waals surface area contributed by atoms with Crippen molar-refractivity contribution in [2.24, 2.45) is 5.92 Å². The van der Waals surface area contributed by atoms with Gasteiger partial charge in [0.25, 0.3) is 5.91 Å². The van der Waals surface area contributed by atoms with Crippen LogP contribution in [0.4, 0.5) is 10.5 Å². The number of piperidine rings is 1. The first-order valence-electron chi connectivity index (χ1n) is 13.9. The molecule has 40 heavy (non-hydrogen) atoms. The van der Waals surface area contributed by atoms with E-state index in [2.05, 4.69) is 26.3 Å². The Balaban J connectivity index is 1.23. The standard InChI is InChI=1S/C29H34N6O4S/c1-16-14-23(39-18-8-4-3-5-9-18)31-15-22(16)35-21-12-13-30-28-24(21)25(34-29(35)38)26(40-28)27(37)33-20-11-7-6-10-19(20)32-17(2)36/h3-5,8-9,14-15,19-21,24,28,30H,6-7,10-13H2,1-2H3,(H,32,36)(H,33,37)(H,34,38)/t19-,20+,21?,24?,28?/m0/s1. The molecule has 4 amide bonds. The van der Waals surface area contributed by atoms with Gasteiger partial charge in [0.15, 0.2) is 0 Å². The summed E-state index contributed by atoms with van der Waals surface area (Å²) in [6.07, 6.45) is 6.13. The van der Waals surface area contributed by atoms with Crippen molar-refractivity contribution in [1.29, 1.82) is 0 Å². The lowest BCUT2D eigenvalue weighted by atomic mass is 9.86. The van der Waals surface area contributed by atoms with Gasteiger partial charge in [-0.1, -0.05) is 42.8 Å². The summed E-state index contributed by atoms with van der Waals surface area (Å²) in [5, 5.41) is 12.8. The third-order valence-electron chi connectivity index (χ3n) is 8.10. The van der Waals surface area contributed by atoms with E-state index >= 15 is 0 Å². The highest BCUT2D eigenvalue weighted by Gasteiger charge is 2.52. The molecule has 4 N–H and O–H groups in total. The van der Waals surface area contributed by atoms with E-state index in [9.17, 15) is 14.4 Å². The number of thioether (sulfide) groups is 1. The predicted octanol–water partition coefficient (Wildman–Crippen LogP) is 3.54. The van der Waals surface area contributed by atoms with Gasteiger partial charge >= 0.3 is 6.03 Å². The first-order valence-corrected chi connectivity index (χ1v) is 14.8. The Morgan fingerprint density at radius 2 is 1.85 bits per heavy atom. The number of nitrogens with zero attached hydrogens (tertiary/aromatic N) is 2. The van der Waals surface area contributed by atoms with Crippen LogP contribution in [0.3, 0.4) is 0 Å². The number of hydrogen-bond donors (Lipinski definition) is 4. The molecule has 3 unspecified atom stereocenters. The number of rotatable bonds is 6. The molecule has 10 nitrogen and oxygen atoms in total. The van der Waals surface area contributed by atoms with E-state index in [1.54, 1.807) is 11.1 Å². The van der Waals surface area contributed by atoms with Crippen LogP contribution in [-0.2, 0) is 9.59 Å². The highest BCUT2D eigenvalue weighted by atomic mass is 32.2. The Kier molecular flexibility index (Phi) is 7.41. The van der Waals surface area contributed by atoms with Crippen LogP contribution in [0.5, 0.6) is 11.6 Å². The Morgan fingerprint density at radius 1 is 1.10 bits per heavy atom. The van der Waals surface area contributed by atoms with Gasteiger partial charge in [0, 0.05) is 36.7 Å².